The summed E-state index contributed by atoms with van der Waals surface area (Å²) in [6.45, 7) is 12.4. The number of aromatic amines is 2. The Balaban J connectivity index is 0.891. The number of aromatic nitrogens is 4. The minimum absolute atomic E-state index is 0.0115. The number of H-pyrrole nitrogens is 2. The third-order valence-corrected chi connectivity index (χ3v) is 18.1. The van der Waals surface area contributed by atoms with Gasteiger partial charge in [0.2, 0.25) is 0 Å². The van der Waals surface area contributed by atoms with Crippen LogP contribution in [0, 0.1) is 36.0 Å². The Morgan fingerprint density at radius 1 is 0.759 bits per heavy atom. The minimum Gasteiger partial charge on any atom is -0.491 e. The van der Waals surface area contributed by atoms with E-state index in [1.165, 1.54) is 76.9 Å². The first-order valence-electron chi connectivity index (χ1n) is 29.7. The molecule has 2 aromatic heterocycles. The first-order valence-corrected chi connectivity index (χ1v) is 33.1. The van der Waals surface area contributed by atoms with Crippen LogP contribution in [0.3, 0.4) is 0 Å². The predicted octanol–water partition coefficient (Wildman–Crippen LogP) is 6.83. The molecule has 3 aromatic rings. The molecule has 6 rings (SSSR count). The molecule has 494 valence electrons. The maximum atomic E-state index is 13.3. The highest BCUT2D eigenvalue weighted by Gasteiger charge is 2.49. The Kier molecular flexibility index (Phi) is 29.3. The molecular weight excluding hydrogens is 1210 g/mol. The van der Waals surface area contributed by atoms with E-state index < -0.39 is 91.4 Å². The summed E-state index contributed by atoms with van der Waals surface area (Å²) in [4.78, 5) is 23.9. The maximum Gasteiger partial charge on any atom is 0.472 e. The van der Waals surface area contributed by atoms with Gasteiger partial charge in [-0.2, -0.15) is 0 Å². The molecule has 1 aromatic carbocycles. The third kappa shape index (κ3) is 21.7. The van der Waals surface area contributed by atoms with Gasteiger partial charge in [-0.05, 0) is 76.0 Å². The van der Waals surface area contributed by atoms with Crippen molar-refractivity contribution in [1.29, 1.82) is 0 Å². The van der Waals surface area contributed by atoms with Crippen LogP contribution in [0.4, 0.5) is 34.9 Å². The van der Waals surface area contributed by atoms with Crippen LogP contribution in [0.1, 0.15) is 120 Å². The monoisotopic (exact) mass is 1310 g/mol. The van der Waals surface area contributed by atoms with Crippen LogP contribution >= 0.6 is 40.9 Å². The summed E-state index contributed by atoms with van der Waals surface area (Å²) < 4.78 is 83.0. The highest BCUT2D eigenvalue weighted by Crippen LogP contribution is 2.49. The highest BCUT2D eigenvalue weighted by molar-refractivity contribution is 7.71. The van der Waals surface area contributed by atoms with Gasteiger partial charge < -0.3 is 116 Å². The number of fused-ring (bicyclic) bond motifs is 1. The second-order valence-electron chi connectivity index (χ2n) is 22.7. The van der Waals surface area contributed by atoms with Gasteiger partial charge in [-0.3, -0.25) is 9.05 Å². The van der Waals surface area contributed by atoms with E-state index in [0.717, 1.165) is 53.4 Å². The van der Waals surface area contributed by atoms with Crippen molar-refractivity contribution in [2.75, 3.05) is 107 Å². The van der Waals surface area contributed by atoms with Crippen LogP contribution < -0.4 is 43.0 Å². The zero-order valence-electron chi connectivity index (χ0n) is 51.0. The Labute approximate surface area is 520 Å². The number of hydrogen-bond acceptors (Lipinski definition) is 27. The number of ether oxygens (including phenoxy) is 7. The number of benzene rings is 1. The zero-order chi connectivity index (χ0) is 63.4. The van der Waals surface area contributed by atoms with Crippen molar-refractivity contribution in [3.63, 3.8) is 0 Å². The molecule has 0 amide bonds. The fraction of sp³-hybridized carbons (Fsp3) is 0.745. The molecule has 28 nitrogen and oxygen atoms in total. The van der Waals surface area contributed by atoms with Crippen molar-refractivity contribution in [3.8, 4) is 11.5 Å². The molecule has 5 heterocycles. The summed E-state index contributed by atoms with van der Waals surface area (Å²) in [7, 11) is -6.19. The van der Waals surface area contributed by atoms with E-state index in [4.69, 9.17) is 103 Å². The first kappa shape index (κ1) is 72.3. The van der Waals surface area contributed by atoms with Crippen molar-refractivity contribution >= 4 is 75.8 Å². The molecule has 12 atom stereocenters. The molecule has 3 aliphatic heterocycles. The SMILES string of the molecule is COP(OCC1OC(Nc2[nH]c(N)nc(=S)c2N)C(O)C1O)OC1C(COP(=O)(O)O[C@H](CO)COCCOCCOCCOc2c(C)c(C)c3c(c2C)CC[C@@](C)(CCCCCCCCCCCC(C)C)O3)OC(Nc2[nH]c(N)nc(=S)c2N)C1O. The number of nitrogens with two attached hydrogens (primary N) is 4. The molecule has 0 aliphatic carbocycles. The lowest BCUT2D eigenvalue weighted by molar-refractivity contribution is -0.0407. The number of unbranched alkanes of at least 4 members (excludes halogenated alkanes) is 8. The molecule has 0 bridgehead atoms. The van der Waals surface area contributed by atoms with E-state index >= 15 is 0 Å². The van der Waals surface area contributed by atoms with Crippen LogP contribution in [0.2, 0.25) is 0 Å². The smallest absolute Gasteiger partial charge is 0.472 e. The number of nitrogen functional groups attached to an aromatic ring is 4. The van der Waals surface area contributed by atoms with Crippen molar-refractivity contribution in [1.82, 2.24) is 19.9 Å². The Morgan fingerprint density at radius 3 is 1.90 bits per heavy atom. The number of aliphatic hydroxyl groups is 4. The minimum atomic E-state index is -4.99. The highest BCUT2D eigenvalue weighted by atomic mass is 32.1. The summed E-state index contributed by atoms with van der Waals surface area (Å²) in [6.07, 6.45) is 3.69. The van der Waals surface area contributed by atoms with Crippen LogP contribution in [-0.4, -0.2) is 179 Å². The standard InChI is InChI=1S/C55H94N10O18P2S2/c1-31(2)17-15-13-11-9-8-10-12-14-16-19-55(6)20-18-36-34(5)44(32(3)33(4)45(36)81-55)76-26-25-74-22-21-73-23-24-75-28-35(27-66)83-85(70,71)78-30-38-46(43(69)50(80-38)61-48-40(57)52(87)65-54(59)63-48)82-84(72-7)77-29-37-41(67)42(68)49(79-37)60-47-39(56)51(86)64-53(58)62-47/h31,35,37-38,41-43,46,49-50,66-69H,8-30,56-57H2,1-7H3,(H,70,71)(H4,58,60,62,64,86)(H4,59,61,63,65,87)/t35-,37?,38?,41?,42?,43?,46?,49?,50?,55-,84?/m1/s1. The maximum absolute atomic E-state index is 13.3. The van der Waals surface area contributed by atoms with Crippen molar-refractivity contribution in [2.45, 2.75) is 186 Å². The van der Waals surface area contributed by atoms with Gasteiger partial charge in [-0.1, -0.05) is 96.1 Å². The topological polar surface area (TPSA) is 414 Å². The van der Waals surface area contributed by atoms with Gasteiger partial charge in [0, 0.05) is 12.7 Å². The van der Waals surface area contributed by atoms with Crippen molar-refractivity contribution < 1.29 is 85.7 Å². The average molecular weight is 1310 g/mol. The lowest BCUT2D eigenvalue weighted by Gasteiger charge is -2.38. The Hall–Kier alpha value is -3.72. The largest absolute Gasteiger partial charge is 0.491 e. The van der Waals surface area contributed by atoms with E-state index in [9.17, 15) is 29.9 Å². The number of nitrogens with one attached hydrogen (secondary N) is 4. The summed E-state index contributed by atoms with van der Waals surface area (Å²) in [6, 6.07) is 0. The third-order valence-electron chi connectivity index (χ3n) is 15.4. The molecule has 3 aliphatic rings. The van der Waals surface area contributed by atoms with E-state index in [-0.39, 0.29) is 76.2 Å². The number of nitrogens with zero attached hydrogens (tertiary/aromatic N) is 2. The Morgan fingerprint density at radius 2 is 1.31 bits per heavy atom. The van der Waals surface area contributed by atoms with Gasteiger partial charge in [0.15, 0.2) is 33.6 Å². The fourth-order valence-electron chi connectivity index (χ4n) is 10.3. The fourth-order valence-corrected chi connectivity index (χ4v) is 12.6. The summed E-state index contributed by atoms with van der Waals surface area (Å²) in [5.74, 6) is 2.63. The van der Waals surface area contributed by atoms with E-state index in [0.29, 0.717) is 19.8 Å². The molecule has 87 heavy (non-hydrogen) atoms. The van der Waals surface area contributed by atoms with E-state index in [2.05, 4.69) is 72.1 Å². The molecule has 0 spiro atoms. The number of rotatable bonds is 40. The van der Waals surface area contributed by atoms with Crippen LogP contribution in [0.15, 0.2) is 0 Å². The summed E-state index contributed by atoms with van der Waals surface area (Å²) in [5, 5.41) is 48.9. The molecular formula is C55H94N10O18P2S2. The molecule has 0 radical (unpaired) electrons. The Bertz CT molecular complexity index is 2800. The van der Waals surface area contributed by atoms with Gasteiger partial charge in [-0.15, -0.1) is 0 Å². The lowest BCUT2D eigenvalue weighted by atomic mass is 9.84. The molecule has 0 saturated carbocycles. The predicted molar refractivity (Wildman–Crippen MR) is 333 cm³/mol. The molecule has 17 N–H and O–H groups in total. The quantitative estimate of drug-likeness (QED) is 0.0157. The number of anilines is 6. The van der Waals surface area contributed by atoms with Crippen LogP contribution in [0.25, 0.3) is 0 Å². The number of phosphoric acid groups is 1. The first-order chi connectivity index (χ1) is 41.4. The van der Waals surface area contributed by atoms with Gasteiger partial charge in [0.05, 0.1) is 59.5 Å². The molecule has 10 unspecified atom stereocenters. The average Bonchev–Trinajstić information content (AvgIpc) is 1.54. The van der Waals surface area contributed by atoms with Crippen LogP contribution in [-0.2, 0) is 57.3 Å². The van der Waals surface area contributed by atoms with E-state index in [1.807, 2.05) is 0 Å². The van der Waals surface area contributed by atoms with Crippen molar-refractivity contribution in [3.05, 3.63) is 31.5 Å². The second kappa shape index (κ2) is 35.2. The van der Waals surface area contributed by atoms with Gasteiger partial charge in [-0.25, -0.2) is 14.5 Å². The molecule has 2 saturated heterocycles. The summed E-state index contributed by atoms with van der Waals surface area (Å²) in [5.41, 5.74) is 28.0. The van der Waals surface area contributed by atoms with Crippen molar-refractivity contribution in [2.24, 2.45) is 5.92 Å². The number of phosphoric ester groups is 1. The van der Waals surface area contributed by atoms with E-state index in [1.54, 1.807) is 0 Å². The van der Waals surface area contributed by atoms with Crippen LogP contribution in [0.5, 0.6) is 11.5 Å². The number of hydrogen-bond donors (Lipinski definition) is 13. The van der Waals surface area contributed by atoms with Gasteiger partial charge in [0.25, 0.3) is 0 Å². The van der Waals surface area contributed by atoms with Gasteiger partial charge >= 0.3 is 16.4 Å². The molecule has 2 fully saturated rings. The summed E-state index contributed by atoms with van der Waals surface area (Å²) >= 11 is 10.3. The normalized spacial score (nSPS) is 24.2. The zero-order valence-corrected chi connectivity index (χ0v) is 54.4. The molecule has 32 heteroatoms. The number of aliphatic hydroxyl groups excluding tert-OH is 4. The van der Waals surface area contributed by atoms with Gasteiger partial charge in [0.1, 0.15) is 89.4 Å². The second-order valence-corrected chi connectivity index (χ2v) is 26.1. The lowest BCUT2D eigenvalue weighted by Crippen LogP contribution is -2.39.